The predicted molar refractivity (Wildman–Crippen MR) is 113 cm³/mol. The van der Waals surface area contributed by atoms with Crippen LogP contribution in [0, 0.1) is 0 Å². The Morgan fingerprint density at radius 1 is 1.25 bits per heavy atom. The number of allylic oxidation sites excluding steroid dienone is 2. The Morgan fingerprint density at radius 2 is 2.11 bits per heavy atom. The fourth-order valence-corrected chi connectivity index (χ4v) is 5.37. The monoisotopic (exact) mass is 428 g/mol. The average molecular weight is 429 g/mol. The van der Waals surface area contributed by atoms with Gasteiger partial charge in [-0.15, -0.1) is 16.4 Å². The van der Waals surface area contributed by atoms with E-state index in [0.29, 0.717) is 17.5 Å². The van der Waals surface area contributed by atoms with Crippen molar-refractivity contribution in [2.45, 2.75) is 36.2 Å². The number of ketones is 1. The highest BCUT2D eigenvalue weighted by molar-refractivity contribution is 7.98. The second-order valence-corrected chi connectivity index (χ2v) is 9.15. The quantitative estimate of drug-likeness (QED) is 0.571. The van der Waals surface area contributed by atoms with Gasteiger partial charge in [0.2, 0.25) is 11.1 Å². The van der Waals surface area contributed by atoms with Crippen LogP contribution in [0.2, 0.25) is 5.02 Å². The number of fused-ring (bicyclic) bond motifs is 1. The molecule has 2 aromatic heterocycles. The molecule has 1 aliphatic heterocycles. The average Bonchev–Trinajstić information content (AvgIpc) is 3.36. The van der Waals surface area contributed by atoms with Gasteiger partial charge in [-0.25, -0.2) is 4.68 Å². The molecular weight excluding hydrogens is 412 g/mol. The maximum Gasteiger partial charge on any atom is 0.227 e. The molecule has 0 radical (unpaired) electrons. The van der Waals surface area contributed by atoms with E-state index in [0.717, 1.165) is 45.3 Å². The molecule has 1 unspecified atom stereocenters. The van der Waals surface area contributed by atoms with E-state index in [1.165, 1.54) is 0 Å². The highest BCUT2D eigenvalue weighted by Gasteiger charge is 2.37. The molecule has 0 saturated heterocycles. The van der Waals surface area contributed by atoms with Gasteiger partial charge in [0.05, 0.1) is 0 Å². The summed E-state index contributed by atoms with van der Waals surface area (Å²) in [5.74, 6) is 1.69. The number of thioether (sulfide) groups is 1. The van der Waals surface area contributed by atoms with Gasteiger partial charge < -0.3 is 5.32 Å². The van der Waals surface area contributed by atoms with Crippen LogP contribution < -0.4 is 5.32 Å². The zero-order valence-corrected chi connectivity index (χ0v) is 17.3. The molecule has 1 aromatic carbocycles. The largest absolute Gasteiger partial charge is 0.328 e. The fourth-order valence-electron chi connectivity index (χ4n) is 3.64. The van der Waals surface area contributed by atoms with Crippen molar-refractivity contribution >= 4 is 46.4 Å². The van der Waals surface area contributed by atoms with Crippen LogP contribution in [-0.4, -0.2) is 20.5 Å². The number of benzene rings is 1. The van der Waals surface area contributed by atoms with Gasteiger partial charge in [0.1, 0.15) is 6.04 Å². The highest BCUT2D eigenvalue weighted by Crippen LogP contribution is 2.41. The Kier molecular flexibility index (Phi) is 4.74. The van der Waals surface area contributed by atoms with Crippen LogP contribution in [-0.2, 0) is 10.5 Å². The fraction of sp³-hybridized carbons (Fsp3) is 0.250. The molecule has 0 saturated carbocycles. The molecule has 1 N–H and O–H groups in total. The highest BCUT2D eigenvalue weighted by atomic mass is 35.5. The van der Waals surface area contributed by atoms with Gasteiger partial charge in [-0.1, -0.05) is 41.6 Å². The molecule has 3 heterocycles. The number of hydrogen-bond donors (Lipinski definition) is 1. The number of carbonyl (C=O) groups is 1. The molecule has 28 heavy (non-hydrogen) atoms. The maximum absolute atomic E-state index is 12.7. The maximum atomic E-state index is 12.7. The van der Waals surface area contributed by atoms with E-state index in [-0.39, 0.29) is 11.8 Å². The number of anilines is 1. The van der Waals surface area contributed by atoms with Crippen LogP contribution in [0.1, 0.15) is 35.7 Å². The van der Waals surface area contributed by atoms with Crippen molar-refractivity contribution in [2.75, 3.05) is 5.32 Å². The van der Waals surface area contributed by atoms with Crippen molar-refractivity contribution in [3.05, 3.63) is 68.5 Å². The number of carbonyl (C=O) groups excluding carboxylic acids is 1. The summed E-state index contributed by atoms with van der Waals surface area (Å²) >= 11 is 9.19. The Morgan fingerprint density at radius 3 is 2.89 bits per heavy atom. The van der Waals surface area contributed by atoms with Crippen molar-refractivity contribution in [3.63, 3.8) is 0 Å². The van der Waals surface area contributed by atoms with Gasteiger partial charge in [-0.2, -0.15) is 4.98 Å². The molecule has 1 atom stereocenters. The van der Waals surface area contributed by atoms with Crippen LogP contribution in [0.5, 0.6) is 0 Å². The molecule has 142 valence electrons. The molecule has 2 aliphatic rings. The summed E-state index contributed by atoms with van der Waals surface area (Å²) in [4.78, 5) is 18.5. The first-order chi connectivity index (χ1) is 13.7. The Hall–Kier alpha value is -2.09. The molecule has 0 spiro atoms. The van der Waals surface area contributed by atoms with E-state index < -0.39 is 0 Å². The summed E-state index contributed by atoms with van der Waals surface area (Å²) in [6, 6.07) is 11.7. The lowest BCUT2D eigenvalue weighted by atomic mass is 9.88. The number of aromatic nitrogens is 3. The van der Waals surface area contributed by atoms with Crippen molar-refractivity contribution in [1.29, 1.82) is 0 Å². The van der Waals surface area contributed by atoms with Crippen molar-refractivity contribution in [2.24, 2.45) is 0 Å². The minimum atomic E-state index is -0.184. The third-order valence-corrected chi connectivity index (χ3v) is 7.03. The zero-order valence-electron chi connectivity index (χ0n) is 14.9. The van der Waals surface area contributed by atoms with Crippen LogP contribution in [0.15, 0.2) is 58.2 Å². The van der Waals surface area contributed by atoms with Gasteiger partial charge >= 0.3 is 0 Å². The summed E-state index contributed by atoms with van der Waals surface area (Å²) in [7, 11) is 0. The van der Waals surface area contributed by atoms with Gasteiger partial charge in [-0.05, 0) is 42.0 Å². The number of nitrogens with zero attached hydrogens (tertiary/aromatic N) is 3. The molecule has 3 aromatic rings. The molecule has 5 rings (SSSR count). The molecule has 0 bridgehead atoms. The van der Waals surface area contributed by atoms with Gasteiger partial charge in [0.15, 0.2) is 5.78 Å². The summed E-state index contributed by atoms with van der Waals surface area (Å²) in [5.41, 5.74) is 3.02. The van der Waals surface area contributed by atoms with Gasteiger partial charge in [0, 0.05) is 33.3 Å². The van der Waals surface area contributed by atoms with E-state index in [1.54, 1.807) is 23.1 Å². The first kappa shape index (κ1) is 18.0. The van der Waals surface area contributed by atoms with E-state index in [1.807, 2.05) is 40.4 Å². The smallest absolute Gasteiger partial charge is 0.227 e. The van der Waals surface area contributed by atoms with Crippen molar-refractivity contribution in [1.82, 2.24) is 14.8 Å². The number of Topliss-reactive ketones (excluding diaryl/α,β-unsaturated/α-hetero) is 1. The van der Waals surface area contributed by atoms with E-state index >= 15 is 0 Å². The first-order valence-electron chi connectivity index (χ1n) is 9.09. The number of thiophene rings is 1. The Labute approximate surface area is 175 Å². The molecule has 0 fully saturated rings. The number of halogens is 1. The zero-order chi connectivity index (χ0) is 19.1. The summed E-state index contributed by atoms with van der Waals surface area (Å²) in [6.07, 6.45) is 2.36. The Balaban J connectivity index is 1.47. The number of nitrogens with one attached hydrogen (secondary N) is 1. The molecule has 8 heteroatoms. The topological polar surface area (TPSA) is 59.8 Å². The summed E-state index contributed by atoms with van der Waals surface area (Å²) < 4.78 is 1.87. The van der Waals surface area contributed by atoms with E-state index in [4.69, 9.17) is 21.7 Å². The van der Waals surface area contributed by atoms with Crippen molar-refractivity contribution < 1.29 is 4.79 Å². The SMILES string of the molecule is O=C1CCCC2=C1C(c1cccs1)n1nc(SCc3ccc(Cl)cc3)nc1N2. The minimum absolute atomic E-state index is 0.184. The molecular formula is C20H17ClN4OS2. The van der Waals surface area contributed by atoms with Crippen LogP contribution >= 0.6 is 34.7 Å². The summed E-state index contributed by atoms with van der Waals surface area (Å²) in [5, 5.41) is 11.6. The minimum Gasteiger partial charge on any atom is -0.328 e. The molecule has 1 aliphatic carbocycles. The number of hydrogen-bond acceptors (Lipinski definition) is 6. The lowest BCUT2D eigenvalue weighted by molar-refractivity contribution is -0.116. The van der Waals surface area contributed by atoms with Gasteiger partial charge in [-0.3, -0.25) is 4.79 Å². The lowest BCUT2D eigenvalue weighted by Crippen LogP contribution is -2.31. The third kappa shape index (κ3) is 3.27. The first-order valence-corrected chi connectivity index (χ1v) is 11.3. The molecule has 5 nitrogen and oxygen atoms in total. The van der Waals surface area contributed by atoms with E-state index in [2.05, 4.69) is 11.4 Å². The van der Waals surface area contributed by atoms with Crippen LogP contribution in [0.3, 0.4) is 0 Å². The molecule has 0 amide bonds. The second-order valence-electron chi connectivity index (χ2n) is 6.79. The van der Waals surface area contributed by atoms with Crippen molar-refractivity contribution in [3.8, 4) is 0 Å². The summed E-state index contributed by atoms with van der Waals surface area (Å²) in [6.45, 7) is 0. The predicted octanol–water partition coefficient (Wildman–Crippen LogP) is 5.31. The normalized spacial score (nSPS) is 18.6. The third-order valence-electron chi connectivity index (χ3n) is 4.94. The second kappa shape index (κ2) is 7.39. The standard InChI is InChI=1S/C20H17ClN4OS2/c21-13-8-6-12(7-9-13)11-28-20-23-19-22-14-3-1-4-15(26)17(14)18(25(19)24-20)16-5-2-10-27-16/h2,5-10,18H,1,3-4,11H2,(H,22,23,24). The van der Waals surface area contributed by atoms with E-state index in [9.17, 15) is 4.79 Å². The van der Waals surface area contributed by atoms with Crippen LogP contribution in [0.25, 0.3) is 0 Å². The Bertz CT molecular complexity index is 1060. The lowest BCUT2D eigenvalue weighted by Gasteiger charge is -2.31. The van der Waals surface area contributed by atoms with Crippen LogP contribution in [0.4, 0.5) is 5.95 Å². The number of rotatable bonds is 4. The van der Waals surface area contributed by atoms with Gasteiger partial charge in [0.25, 0.3) is 0 Å².